The first kappa shape index (κ1) is 19.0. The molecule has 0 bridgehead atoms. The predicted octanol–water partition coefficient (Wildman–Crippen LogP) is 3.18. The first-order chi connectivity index (χ1) is 11.8. The minimum Gasteiger partial charge on any atom is -0.507 e. The molecule has 0 saturated carbocycles. The van der Waals surface area contributed by atoms with Crippen LogP contribution in [0.15, 0.2) is 40.9 Å². The van der Waals surface area contributed by atoms with Gasteiger partial charge in [-0.2, -0.15) is 0 Å². The van der Waals surface area contributed by atoms with E-state index in [1.165, 1.54) is 43.3 Å². The molecule has 0 aliphatic carbocycles. The number of phenols is 1. The van der Waals surface area contributed by atoms with Gasteiger partial charge in [-0.05, 0) is 59.3 Å². The summed E-state index contributed by atoms with van der Waals surface area (Å²) in [4.78, 5) is 23.9. The van der Waals surface area contributed by atoms with Crippen LogP contribution < -0.4 is 15.6 Å². The second-order valence-corrected chi connectivity index (χ2v) is 6.23. The summed E-state index contributed by atoms with van der Waals surface area (Å²) in [6.07, 6.45) is -0.977. The van der Waals surface area contributed by atoms with Crippen molar-refractivity contribution >= 4 is 39.3 Å². The van der Waals surface area contributed by atoms with E-state index in [9.17, 15) is 19.1 Å². The Morgan fingerprint density at radius 3 is 2.64 bits per heavy atom. The molecule has 2 aromatic rings. The first-order valence-corrected chi connectivity index (χ1v) is 8.15. The third-order valence-corrected chi connectivity index (χ3v) is 3.92. The van der Waals surface area contributed by atoms with Crippen LogP contribution in [0.4, 0.5) is 4.39 Å². The summed E-state index contributed by atoms with van der Waals surface area (Å²) in [5, 5.41) is 9.89. The van der Waals surface area contributed by atoms with Gasteiger partial charge in [0.25, 0.3) is 11.8 Å². The lowest BCUT2D eigenvalue weighted by Crippen LogP contribution is -2.47. The third kappa shape index (κ3) is 5.07. The highest BCUT2D eigenvalue weighted by atomic mass is 79.9. The molecule has 0 aliphatic heterocycles. The maximum absolute atomic E-state index is 13.0. The van der Waals surface area contributed by atoms with Gasteiger partial charge in [0.1, 0.15) is 17.3 Å². The van der Waals surface area contributed by atoms with E-state index in [4.69, 9.17) is 16.3 Å². The van der Waals surface area contributed by atoms with Crippen LogP contribution in [-0.2, 0) is 4.79 Å². The minimum atomic E-state index is -0.977. The average Bonchev–Trinajstić information content (AvgIpc) is 2.56. The molecule has 2 rings (SSSR count). The summed E-state index contributed by atoms with van der Waals surface area (Å²) >= 11 is 8.89. The molecule has 0 heterocycles. The number of rotatable bonds is 4. The van der Waals surface area contributed by atoms with E-state index in [0.717, 1.165) is 0 Å². The molecule has 2 aromatic carbocycles. The Hall–Kier alpha value is -2.32. The van der Waals surface area contributed by atoms with E-state index in [1.807, 2.05) is 0 Å². The number of hydrazine groups is 1. The van der Waals surface area contributed by atoms with Crippen LogP contribution in [-0.4, -0.2) is 23.0 Å². The van der Waals surface area contributed by atoms with Crippen molar-refractivity contribution in [2.24, 2.45) is 0 Å². The maximum Gasteiger partial charge on any atom is 0.279 e. The number of hydrogen-bond acceptors (Lipinski definition) is 4. The summed E-state index contributed by atoms with van der Waals surface area (Å²) in [5.74, 6) is -1.86. The molecule has 6 nitrogen and oxygen atoms in total. The van der Waals surface area contributed by atoms with Crippen molar-refractivity contribution in [1.82, 2.24) is 10.9 Å². The van der Waals surface area contributed by atoms with Gasteiger partial charge in [0.15, 0.2) is 6.10 Å². The number of halogens is 3. The normalized spacial score (nSPS) is 11.5. The standard InChI is InChI=1S/C16H13BrClFN2O4/c1-8(25-14-5-3-10(19)7-12(14)17)15(23)20-21-16(24)11-6-9(18)2-4-13(11)22/h2-8,22H,1H3,(H,20,23)(H,21,24). The fraction of sp³-hybridized carbons (Fsp3) is 0.125. The van der Waals surface area contributed by atoms with Crippen molar-refractivity contribution in [2.45, 2.75) is 13.0 Å². The van der Waals surface area contributed by atoms with E-state index in [-0.39, 0.29) is 22.1 Å². The molecule has 9 heteroatoms. The molecule has 0 saturated heterocycles. The molecule has 0 aromatic heterocycles. The second-order valence-electron chi connectivity index (χ2n) is 4.94. The zero-order chi connectivity index (χ0) is 18.6. The van der Waals surface area contributed by atoms with Crippen molar-refractivity contribution in [1.29, 1.82) is 0 Å². The van der Waals surface area contributed by atoms with E-state index in [0.29, 0.717) is 4.47 Å². The summed E-state index contributed by atoms with van der Waals surface area (Å²) in [6, 6.07) is 7.69. The molecular weight excluding hydrogens is 419 g/mol. The van der Waals surface area contributed by atoms with Gasteiger partial charge in [0, 0.05) is 5.02 Å². The number of phenolic OH excluding ortho intramolecular Hbond substituents is 1. The summed E-state index contributed by atoms with van der Waals surface area (Å²) in [5.41, 5.74) is 4.22. The SMILES string of the molecule is CC(Oc1ccc(F)cc1Br)C(=O)NNC(=O)c1cc(Cl)ccc1O. The lowest BCUT2D eigenvalue weighted by Gasteiger charge is -2.16. The van der Waals surface area contributed by atoms with Crippen LogP contribution in [0.25, 0.3) is 0 Å². The molecule has 25 heavy (non-hydrogen) atoms. The number of ether oxygens (including phenoxy) is 1. The highest BCUT2D eigenvalue weighted by Gasteiger charge is 2.18. The van der Waals surface area contributed by atoms with E-state index < -0.39 is 23.7 Å². The quantitative estimate of drug-likeness (QED) is 0.649. The van der Waals surface area contributed by atoms with E-state index in [2.05, 4.69) is 26.8 Å². The highest BCUT2D eigenvalue weighted by molar-refractivity contribution is 9.10. The number of hydrogen-bond donors (Lipinski definition) is 3. The number of carbonyl (C=O) groups is 2. The van der Waals surface area contributed by atoms with Gasteiger partial charge >= 0.3 is 0 Å². The lowest BCUT2D eigenvalue weighted by atomic mass is 10.2. The maximum atomic E-state index is 13.0. The third-order valence-electron chi connectivity index (χ3n) is 3.07. The largest absolute Gasteiger partial charge is 0.507 e. The Balaban J connectivity index is 1.95. The number of nitrogens with one attached hydrogen (secondary N) is 2. The number of aromatic hydroxyl groups is 1. The Kier molecular flexibility index (Phi) is 6.22. The van der Waals surface area contributed by atoms with Crippen molar-refractivity contribution in [3.8, 4) is 11.5 Å². The minimum absolute atomic E-state index is 0.0948. The predicted molar refractivity (Wildman–Crippen MR) is 92.9 cm³/mol. The molecular formula is C16H13BrClFN2O4. The number of benzene rings is 2. The zero-order valence-corrected chi connectivity index (χ0v) is 15.2. The number of carbonyl (C=O) groups excluding carboxylic acids is 2. The fourth-order valence-electron chi connectivity index (χ4n) is 1.79. The molecule has 0 radical (unpaired) electrons. The Labute approximate surface area is 156 Å². The van der Waals surface area contributed by atoms with Gasteiger partial charge in [0.05, 0.1) is 10.0 Å². The van der Waals surface area contributed by atoms with Crippen LogP contribution in [0.2, 0.25) is 5.02 Å². The van der Waals surface area contributed by atoms with Gasteiger partial charge in [-0.15, -0.1) is 0 Å². The summed E-state index contributed by atoms with van der Waals surface area (Å²) in [7, 11) is 0. The molecule has 132 valence electrons. The van der Waals surface area contributed by atoms with Crippen LogP contribution in [0, 0.1) is 5.82 Å². The Morgan fingerprint density at radius 1 is 1.24 bits per heavy atom. The van der Waals surface area contributed by atoms with Crippen LogP contribution >= 0.6 is 27.5 Å². The smallest absolute Gasteiger partial charge is 0.279 e. The van der Waals surface area contributed by atoms with Gasteiger partial charge < -0.3 is 9.84 Å². The zero-order valence-electron chi connectivity index (χ0n) is 12.8. The second kappa shape index (κ2) is 8.17. The van der Waals surface area contributed by atoms with E-state index in [1.54, 1.807) is 0 Å². The lowest BCUT2D eigenvalue weighted by molar-refractivity contribution is -0.128. The van der Waals surface area contributed by atoms with Crippen molar-refractivity contribution in [2.75, 3.05) is 0 Å². The Bertz CT molecular complexity index is 819. The molecule has 0 fully saturated rings. The molecule has 0 aliphatic rings. The first-order valence-electron chi connectivity index (χ1n) is 6.98. The molecule has 1 atom stereocenters. The topological polar surface area (TPSA) is 87.7 Å². The van der Waals surface area contributed by atoms with Gasteiger partial charge in [-0.3, -0.25) is 20.4 Å². The molecule has 2 amide bonds. The van der Waals surface area contributed by atoms with Crippen LogP contribution in [0.3, 0.4) is 0 Å². The van der Waals surface area contributed by atoms with Crippen molar-refractivity contribution < 1.29 is 23.8 Å². The van der Waals surface area contributed by atoms with E-state index >= 15 is 0 Å². The average molecular weight is 432 g/mol. The summed E-state index contributed by atoms with van der Waals surface area (Å²) < 4.78 is 18.8. The van der Waals surface area contributed by atoms with Gasteiger partial charge in [-0.25, -0.2) is 4.39 Å². The van der Waals surface area contributed by atoms with Crippen LogP contribution in [0.5, 0.6) is 11.5 Å². The van der Waals surface area contributed by atoms with Crippen molar-refractivity contribution in [3.63, 3.8) is 0 Å². The monoisotopic (exact) mass is 430 g/mol. The summed E-state index contributed by atoms with van der Waals surface area (Å²) in [6.45, 7) is 1.45. The van der Waals surface area contributed by atoms with Crippen molar-refractivity contribution in [3.05, 3.63) is 57.3 Å². The molecule has 0 spiro atoms. The van der Waals surface area contributed by atoms with Gasteiger partial charge in [0.2, 0.25) is 0 Å². The highest BCUT2D eigenvalue weighted by Crippen LogP contribution is 2.26. The molecule has 1 unspecified atom stereocenters. The van der Waals surface area contributed by atoms with Gasteiger partial charge in [-0.1, -0.05) is 11.6 Å². The Morgan fingerprint density at radius 2 is 1.96 bits per heavy atom. The fourth-order valence-corrected chi connectivity index (χ4v) is 2.41. The number of amides is 2. The van der Waals surface area contributed by atoms with Crippen LogP contribution in [0.1, 0.15) is 17.3 Å². The molecule has 3 N–H and O–H groups in total.